The van der Waals surface area contributed by atoms with Gasteiger partial charge in [0, 0.05) is 0 Å². The van der Waals surface area contributed by atoms with Crippen LogP contribution in [0.15, 0.2) is 97.1 Å². The van der Waals surface area contributed by atoms with Crippen LogP contribution in [0.5, 0.6) is 0 Å². The zero-order chi connectivity index (χ0) is 18.8. The van der Waals surface area contributed by atoms with E-state index in [0.717, 1.165) is 6.42 Å². The number of rotatable bonds is 5. The molecule has 0 atom stereocenters. The molecule has 0 saturated heterocycles. The van der Waals surface area contributed by atoms with Crippen LogP contribution in [0.1, 0.15) is 16.7 Å². The molecule has 1 aliphatic rings. The predicted octanol–water partition coefficient (Wildman–Crippen LogP) is -0.228. The van der Waals surface area contributed by atoms with Crippen molar-refractivity contribution in [2.75, 3.05) is 0 Å². The average Bonchev–Trinajstić information content (AvgIpc) is 3.14. The second-order valence-corrected chi connectivity index (χ2v) is 8.70. The van der Waals surface area contributed by atoms with Gasteiger partial charge in [0.2, 0.25) is 0 Å². The maximum atomic E-state index is 6.17. The van der Waals surface area contributed by atoms with Gasteiger partial charge in [0.05, 0.1) is 0 Å². The molecule has 4 aromatic carbocycles. The van der Waals surface area contributed by atoms with Gasteiger partial charge in [0.15, 0.2) is 0 Å². The van der Waals surface area contributed by atoms with Crippen LogP contribution in [0.25, 0.3) is 22.3 Å². The molecule has 0 heterocycles. The van der Waals surface area contributed by atoms with E-state index in [-0.39, 0.29) is 24.8 Å². The summed E-state index contributed by atoms with van der Waals surface area (Å²) < 4.78 is 7.54. The summed E-state index contributed by atoms with van der Waals surface area (Å²) in [5.74, 6) is 0. The summed E-state index contributed by atoms with van der Waals surface area (Å²) in [5.41, 5.74) is 9.57. The van der Waals surface area contributed by atoms with Gasteiger partial charge in [-0.1, -0.05) is 0 Å². The van der Waals surface area contributed by atoms with Crippen LogP contribution in [0, 0.1) is 0 Å². The fourth-order valence-electron chi connectivity index (χ4n) is 3.99. The van der Waals surface area contributed by atoms with E-state index in [0.29, 0.717) is 6.61 Å². The van der Waals surface area contributed by atoms with Crippen molar-refractivity contribution in [2.24, 2.45) is 0 Å². The molecule has 5 rings (SSSR count). The van der Waals surface area contributed by atoms with Crippen molar-refractivity contribution >= 4 is 3.87 Å². The number of hydrogen-bond acceptors (Lipinski definition) is 1. The summed E-state index contributed by atoms with van der Waals surface area (Å²) in [5, 5.41) is 0. The summed E-state index contributed by atoms with van der Waals surface area (Å²) in [6.07, 6.45) is 1.01. The van der Waals surface area contributed by atoms with E-state index in [2.05, 4.69) is 91.0 Å². The van der Waals surface area contributed by atoms with Crippen molar-refractivity contribution in [3.05, 3.63) is 114 Å². The Hall–Kier alpha value is -1.87. The van der Waals surface area contributed by atoms with E-state index in [9.17, 15) is 0 Å². The van der Waals surface area contributed by atoms with Gasteiger partial charge in [-0.2, -0.15) is 0 Å². The molecule has 1 nitrogen and oxygen atoms in total. The molecule has 0 fully saturated rings. The standard InChI is InChI=1S/C19H13.C7H7O.2ClH.Ti/c1-2-7-14(8-3-1)16-11-6-12-18-17-10-5-4-9-15(17)13-19(16)18;8-6-7-4-2-1-3-5-7;;;/h1-7,9-12H,13H2;1-5H,6H2;2*1H;/q;-1;;;+3/p-2. The van der Waals surface area contributed by atoms with Gasteiger partial charge in [-0.25, -0.2) is 0 Å². The summed E-state index contributed by atoms with van der Waals surface area (Å²) in [6, 6.07) is 34.7. The minimum atomic E-state index is -0.667. The third kappa shape index (κ3) is 4.57. The monoisotopic (exact) mass is 466 g/mol. The Labute approximate surface area is 199 Å². The normalized spacial score (nSPS) is 10.8. The zero-order valence-corrected chi connectivity index (χ0v) is 19.4. The van der Waals surface area contributed by atoms with Crippen molar-refractivity contribution in [1.29, 1.82) is 0 Å². The molecule has 4 aromatic rings. The van der Waals surface area contributed by atoms with E-state index in [1.165, 1.54) is 42.8 Å². The molecule has 0 spiro atoms. The molecule has 148 valence electrons. The fourth-order valence-corrected chi connectivity index (χ4v) is 5.37. The van der Waals surface area contributed by atoms with Crippen LogP contribution in [0.3, 0.4) is 0 Å². The molecule has 0 radical (unpaired) electrons. The molecule has 30 heavy (non-hydrogen) atoms. The summed E-state index contributed by atoms with van der Waals surface area (Å²) >= 11 is -0.667. The third-order valence-corrected chi connectivity index (χ3v) is 6.81. The quantitative estimate of drug-likeness (QED) is 0.325. The van der Waals surface area contributed by atoms with Gasteiger partial charge in [-0.05, 0) is 0 Å². The topological polar surface area (TPSA) is 9.23 Å². The summed E-state index contributed by atoms with van der Waals surface area (Å²) in [6.45, 7) is 0.688. The van der Waals surface area contributed by atoms with E-state index in [1.54, 1.807) is 0 Å². The molecule has 0 saturated carbocycles. The first-order valence-corrected chi connectivity index (χ1v) is 11.0. The first-order chi connectivity index (χ1) is 13.9. The number of fused-ring (bicyclic) bond motifs is 3. The molecule has 0 unspecified atom stereocenters. The van der Waals surface area contributed by atoms with E-state index >= 15 is 0 Å². The van der Waals surface area contributed by atoms with Crippen molar-refractivity contribution in [3.8, 4) is 22.3 Å². The molecule has 1 aliphatic carbocycles. The van der Waals surface area contributed by atoms with Crippen LogP contribution in [-0.2, 0) is 35.9 Å². The molecule has 0 bridgehead atoms. The van der Waals surface area contributed by atoms with Crippen molar-refractivity contribution in [2.45, 2.75) is 13.0 Å². The minimum absolute atomic E-state index is 0. The fraction of sp³-hybridized carbons (Fsp3) is 0.0769. The van der Waals surface area contributed by atoms with Gasteiger partial charge in [0.25, 0.3) is 0 Å². The van der Waals surface area contributed by atoms with Crippen LogP contribution < -0.4 is 28.7 Å². The molecule has 0 N–H and O–H groups in total. The molecule has 0 amide bonds. The second-order valence-electron chi connectivity index (χ2n) is 7.09. The number of halogens is 2. The Morgan fingerprint density at radius 2 is 1.20 bits per heavy atom. The van der Waals surface area contributed by atoms with Gasteiger partial charge >= 0.3 is 176 Å². The van der Waals surface area contributed by atoms with Gasteiger partial charge in [-0.15, -0.1) is 0 Å². The maximum absolute atomic E-state index is 6.17. The predicted molar refractivity (Wildman–Crippen MR) is 111 cm³/mol. The Morgan fingerprint density at radius 1 is 0.600 bits per heavy atom. The van der Waals surface area contributed by atoms with E-state index < -0.39 is 19.5 Å². The number of benzene rings is 4. The van der Waals surface area contributed by atoms with Gasteiger partial charge in [0.1, 0.15) is 0 Å². The van der Waals surface area contributed by atoms with Crippen LogP contribution in [-0.4, -0.2) is 0 Å². The molecule has 0 aliphatic heterocycles. The SMILES string of the molecule is [Cl-].[Cl-].c1ccc(C[O][Ti+2][c]2ccccc2-c2cccc3c2Cc2ccccc2-3)cc1. The van der Waals surface area contributed by atoms with E-state index in [4.69, 9.17) is 3.32 Å². The molecule has 4 heteroatoms. The Bertz CT molecular complexity index is 1130. The summed E-state index contributed by atoms with van der Waals surface area (Å²) in [4.78, 5) is 0. The molecular weight excluding hydrogens is 447 g/mol. The van der Waals surface area contributed by atoms with Gasteiger partial charge in [-0.3, -0.25) is 0 Å². The van der Waals surface area contributed by atoms with Crippen molar-refractivity contribution < 1.29 is 47.7 Å². The zero-order valence-electron chi connectivity index (χ0n) is 16.3. The van der Waals surface area contributed by atoms with Crippen LogP contribution in [0.2, 0.25) is 0 Å². The Morgan fingerprint density at radius 3 is 2.00 bits per heavy atom. The third-order valence-electron chi connectivity index (χ3n) is 5.33. The number of hydrogen-bond donors (Lipinski definition) is 0. The second kappa shape index (κ2) is 10.4. The molecular formula is C26H20Cl2OTi. The Balaban J connectivity index is 0.00000128. The average molecular weight is 467 g/mol. The molecule has 0 aromatic heterocycles. The van der Waals surface area contributed by atoms with Crippen molar-refractivity contribution in [1.82, 2.24) is 0 Å². The first kappa shape index (κ1) is 22.8. The Kier molecular flexibility index (Phi) is 7.94. The van der Waals surface area contributed by atoms with E-state index in [1.807, 2.05) is 6.07 Å². The summed E-state index contributed by atoms with van der Waals surface area (Å²) in [7, 11) is 0. The van der Waals surface area contributed by atoms with Crippen LogP contribution in [0.4, 0.5) is 0 Å². The van der Waals surface area contributed by atoms with Crippen LogP contribution >= 0.6 is 0 Å². The first-order valence-electron chi connectivity index (χ1n) is 9.61. The van der Waals surface area contributed by atoms with Crippen molar-refractivity contribution in [3.63, 3.8) is 0 Å². The van der Waals surface area contributed by atoms with Gasteiger partial charge < -0.3 is 24.8 Å².